The minimum absolute atomic E-state index is 0.795. The van der Waals surface area contributed by atoms with E-state index in [0.717, 1.165) is 15.9 Å². The monoisotopic (exact) mass is 614 g/mol. The Morgan fingerprint density at radius 1 is 0.865 bits per heavy atom. The van der Waals surface area contributed by atoms with Crippen molar-refractivity contribution in [2.24, 2.45) is 0 Å². The summed E-state index contributed by atoms with van der Waals surface area (Å²) in [6, 6.07) is 38.4. The zero-order chi connectivity index (χ0) is 26.0. The van der Waals surface area contributed by atoms with Crippen molar-refractivity contribution in [2.45, 2.75) is 39.5 Å². The first-order valence-corrected chi connectivity index (χ1v) is 20.1. The van der Waals surface area contributed by atoms with E-state index in [0.29, 0.717) is 0 Å². The van der Waals surface area contributed by atoms with Crippen molar-refractivity contribution in [3.63, 3.8) is 0 Å². The third-order valence-corrected chi connectivity index (χ3v) is 8.01. The molecule has 4 heteroatoms. The SMILES string of the molecule is CCCCc1ccc2[cH-]c(CC)cc2c1-c1ccccc1.[Cl][Zr+2][Cl].[c-]1cccc2c1[Si]c1ccccc1-2. The first-order valence-electron chi connectivity index (χ1n) is 12.8. The van der Waals surface area contributed by atoms with E-state index in [4.69, 9.17) is 17.0 Å². The van der Waals surface area contributed by atoms with Crippen molar-refractivity contribution in [1.82, 2.24) is 0 Å². The van der Waals surface area contributed by atoms with Gasteiger partial charge in [-0.25, -0.2) is 0 Å². The van der Waals surface area contributed by atoms with E-state index in [9.17, 15) is 0 Å². The van der Waals surface area contributed by atoms with E-state index in [1.54, 1.807) is 0 Å². The zero-order valence-electron chi connectivity index (χ0n) is 21.3. The number of halogens is 2. The maximum absolute atomic E-state index is 4.93. The van der Waals surface area contributed by atoms with Gasteiger partial charge in [-0.15, -0.1) is 40.1 Å². The van der Waals surface area contributed by atoms with Crippen molar-refractivity contribution in [3.05, 3.63) is 114 Å². The summed E-state index contributed by atoms with van der Waals surface area (Å²) in [6.07, 6.45) is 4.77. The maximum Gasteiger partial charge on any atom is 0.0920 e. The summed E-state index contributed by atoms with van der Waals surface area (Å²) in [5.41, 5.74) is 8.49. The van der Waals surface area contributed by atoms with Crippen LogP contribution in [0.3, 0.4) is 0 Å². The zero-order valence-corrected chi connectivity index (χ0v) is 26.3. The first-order chi connectivity index (χ1) is 18.2. The second kappa shape index (κ2) is 14.4. The summed E-state index contributed by atoms with van der Waals surface area (Å²) < 4.78 is 0. The van der Waals surface area contributed by atoms with Crippen molar-refractivity contribution in [1.29, 1.82) is 0 Å². The van der Waals surface area contributed by atoms with Crippen LogP contribution in [0.4, 0.5) is 0 Å². The largest absolute Gasteiger partial charge is 0.184 e. The second-order valence-electron chi connectivity index (χ2n) is 8.99. The summed E-state index contributed by atoms with van der Waals surface area (Å²) in [5.74, 6) is 0. The molecule has 1 aliphatic rings. The van der Waals surface area contributed by atoms with E-state index in [1.807, 2.05) is 6.07 Å². The van der Waals surface area contributed by atoms with E-state index in [1.165, 1.54) is 73.8 Å². The minimum Gasteiger partial charge on any atom is -0.184 e. The number of hydrogen-bond donors (Lipinski definition) is 0. The Hall–Kier alpha value is -1.83. The van der Waals surface area contributed by atoms with Gasteiger partial charge in [0.05, 0.1) is 9.52 Å². The standard InChI is InChI=1S/C21H23.C12H7Si.2ClH.Zr/c1-3-5-9-18-12-13-19-14-16(4-2)15-20(19)21(18)17-10-7-6-8-11-17;1-3-7-11-9(5-1)10-6-2-4-8-12(10)13-11;;;/h6-8,10-15H,3-5,9H2,1-2H3;1-7H;2*1H;/q2*-1;;;+4/p-2. The Balaban J connectivity index is 0.000000170. The van der Waals surface area contributed by atoms with Crippen LogP contribution < -0.4 is 10.4 Å². The molecular weight excluding hydrogens is 587 g/mol. The molecule has 6 rings (SSSR count). The van der Waals surface area contributed by atoms with Crippen molar-refractivity contribution in [2.75, 3.05) is 0 Å². The van der Waals surface area contributed by atoms with Gasteiger partial charge < -0.3 is 0 Å². The third-order valence-electron chi connectivity index (χ3n) is 6.64. The normalized spacial score (nSPS) is 10.9. The predicted octanol–water partition coefficient (Wildman–Crippen LogP) is 8.63. The van der Waals surface area contributed by atoms with Gasteiger partial charge in [0.15, 0.2) is 0 Å². The Kier molecular flexibility index (Phi) is 10.9. The number of fused-ring (bicyclic) bond motifs is 4. The Morgan fingerprint density at radius 3 is 2.35 bits per heavy atom. The van der Waals surface area contributed by atoms with Crippen LogP contribution in [0.1, 0.15) is 37.8 Å². The fourth-order valence-corrected chi connectivity index (χ4v) is 6.15. The van der Waals surface area contributed by atoms with Crippen LogP contribution in [0.5, 0.6) is 0 Å². The van der Waals surface area contributed by atoms with Gasteiger partial charge in [-0.1, -0.05) is 96.7 Å². The van der Waals surface area contributed by atoms with Gasteiger partial charge in [-0.2, -0.15) is 35.5 Å². The molecule has 0 aliphatic carbocycles. The van der Waals surface area contributed by atoms with E-state index >= 15 is 0 Å². The molecule has 0 N–H and O–H groups in total. The molecule has 5 aromatic rings. The molecule has 1 heterocycles. The topological polar surface area (TPSA) is 0 Å². The van der Waals surface area contributed by atoms with Gasteiger partial charge >= 0.3 is 37.9 Å². The van der Waals surface area contributed by atoms with Crippen LogP contribution in [-0.4, -0.2) is 9.52 Å². The molecular formula is C33H30Cl2SiZr. The number of unbranched alkanes of at least 4 members (excludes halogenated alkanes) is 1. The molecule has 0 fully saturated rings. The third kappa shape index (κ3) is 6.98. The summed E-state index contributed by atoms with van der Waals surface area (Å²) in [5, 5.41) is 5.63. The average Bonchev–Trinajstić information content (AvgIpc) is 3.54. The molecule has 184 valence electrons. The number of aryl methyl sites for hydroxylation is 2. The van der Waals surface area contributed by atoms with Crippen molar-refractivity contribution >= 4 is 47.7 Å². The molecule has 5 aromatic carbocycles. The molecule has 0 unspecified atom stereocenters. The van der Waals surface area contributed by atoms with E-state index < -0.39 is 20.8 Å². The molecule has 0 nitrogen and oxygen atoms in total. The maximum atomic E-state index is 4.93. The summed E-state index contributed by atoms with van der Waals surface area (Å²) in [6.45, 7) is 4.49. The summed E-state index contributed by atoms with van der Waals surface area (Å²) in [7, 11) is 10.7. The molecule has 1 aliphatic heterocycles. The number of rotatable bonds is 5. The van der Waals surface area contributed by atoms with Crippen LogP contribution in [0.2, 0.25) is 0 Å². The molecule has 0 bridgehead atoms. The first kappa shape index (κ1) is 28.2. The van der Waals surface area contributed by atoms with Crippen LogP contribution in [0.15, 0.2) is 97.1 Å². The van der Waals surface area contributed by atoms with Crippen LogP contribution >= 0.6 is 17.0 Å². The van der Waals surface area contributed by atoms with Gasteiger partial charge in [-0.3, -0.25) is 0 Å². The van der Waals surface area contributed by atoms with Crippen LogP contribution in [-0.2, 0) is 33.7 Å². The summed E-state index contributed by atoms with van der Waals surface area (Å²) in [4.78, 5) is 0. The van der Waals surface area contributed by atoms with Crippen molar-refractivity contribution < 1.29 is 20.8 Å². The number of benzene rings is 4. The number of hydrogen-bond acceptors (Lipinski definition) is 0. The molecule has 2 radical (unpaired) electrons. The van der Waals surface area contributed by atoms with Gasteiger partial charge in [0.25, 0.3) is 0 Å². The molecule has 0 amide bonds. The van der Waals surface area contributed by atoms with E-state index in [2.05, 4.69) is 111 Å². The van der Waals surface area contributed by atoms with Crippen LogP contribution in [0, 0.1) is 6.07 Å². The molecule has 0 saturated carbocycles. The Morgan fingerprint density at radius 2 is 1.59 bits per heavy atom. The Labute approximate surface area is 242 Å². The fraction of sp³-hybridized carbons (Fsp3) is 0.182. The summed E-state index contributed by atoms with van der Waals surface area (Å²) >= 11 is -0.826. The van der Waals surface area contributed by atoms with Crippen LogP contribution in [0.25, 0.3) is 33.0 Å². The second-order valence-corrected chi connectivity index (χ2v) is 14.0. The molecule has 0 atom stereocenters. The average molecular weight is 617 g/mol. The van der Waals surface area contributed by atoms with Crippen molar-refractivity contribution in [3.8, 4) is 22.3 Å². The smallest absolute Gasteiger partial charge is 0.0920 e. The Bertz CT molecular complexity index is 1380. The molecule has 0 spiro atoms. The quantitative estimate of drug-likeness (QED) is 0.134. The predicted molar refractivity (Wildman–Crippen MR) is 160 cm³/mol. The molecule has 0 aromatic heterocycles. The van der Waals surface area contributed by atoms with E-state index in [-0.39, 0.29) is 0 Å². The minimum atomic E-state index is -0.826. The fourth-order valence-electron chi connectivity index (χ4n) is 4.84. The van der Waals surface area contributed by atoms with Gasteiger partial charge in [-0.05, 0) is 24.8 Å². The molecule has 37 heavy (non-hydrogen) atoms. The molecule has 0 saturated heterocycles. The van der Waals surface area contributed by atoms with Gasteiger partial charge in [0, 0.05) is 0 Å². The van der Waals surface area contributed by atoms with Gasteiger partial charge in [0.1, 0.15) is 0 Å². The van der Waals surface area contributed by atoms with Gasteiger partial charge in [0.2, 0.25) is 0 Å².